The summed E-state index contributed by atoms with van der Waals surface area (Å²) in [4.78, 5) is 46.4. The Morgan fingerprint density at radius 1 is 0.756 bits per heavy atom. The van der Waals surface area contributed by atoms with Gasteiger partial charge in [0.15, 0.2) is 5.82 Å². The number of rotatable bonds is 7. The molecule has 2 aliphatic rings. The van der Waals surface area contributed by atoms with E-state index in [-0.39, 0.29) is 5.91 Å². The Balaban J connectivity index is 1.11. The number of ether oxygens (including phenoxy) is 1. The number of carbonyl (C=O) groups excluding carboxylic acids is 2. The molecular weight excluding hydrogens is 574 g/mol. The number of anilines is 5. The molecule has 232 valence electrons. The second-order valence-corrected chi connectivity index (χ2v) is 11.0. The average molecular weight is 610 g/mol. The third-order valence-electron chi connectivity index (χ3n) is 7.80. The van der Waals surface area contributed by atoms with E-state index >= 15 is 0 Å². The van der Waals surface area contributed by atoms with E-state index in [1.54, 1.807) is 30.3 Å². The summed E-state index contributed by atoms with van der Waals surface area (Å²) >= 11 is 0. The molecule has 4 aromatic rings. The SMILES string of the molecule is CC1CN(c2nc(-c3ccc(NC(=O)Nc4ccc(C(=O)Nc5ccnnc5)cc4)cc3)nc(N3CCOCC3)n2)CCN1C. The second-order valence-electron chi connectivity index (χ2n) is 11.0. The van der Waals surface area contributed by atoms with Crippen molar-refractivity contribution < 1.29 is 14.3 Å². The molecule has 0 bridgehead atoms. The molecule has 1 atom stereocenters. The zero-order valence-electron chi connectivity index (χ0n) is 25.2. The van der Waals surface area contributed by atoms with E-state index in [4.69, 9.17) is 19.7 Å². The molecule has 14 heteroatoms. The van der Waals surface area contributed by atoms with Crippen molar-refractivity contribution in [1.82, 2.24) is 30.0 Å². The molecule has 2 saturated heterocycles. The maximum atomic E-state index is 12.7. The number of benzene rings is 2. The first kappa shape index (κ1) is 29.8. The van der Waals surface area contributed by atoms with Crippen molar-refractivity contribution in [3.05, 3.63) is 72.6 Å². The van der Waals surface area contributed by atoms with Crippen LogP contribution in [0.4, 0.5) is 33.8 Å². The fourth-order valence-electron chi connectivity index (χ4n) is 5.03. The lowest BCUT2D eigenvalue weighted by molar-refractivity contribution is 0.102. The maximum absolute atomic E-state index is 12.7. The number of likely N-dealkylation sites (N-methyl/N-ethyl adjacent to an activating group) is 1. The predicted molar refractivity (Wildman–Crippen MR) is 172 cm³/mol. The van der Waals surface area contributed by atoms with Crippen LogP contribution in [-0.4, -0.2) is 101 Å². The number of nitrogens with one attached hydrogen (secondary N) is 3. The molecule has 4 heterocycles. The molecule has 3 N–H and O–H groups in total. The van der Waals surface area contributed by atoms with Gasteiger partial charge in [-0.3, -0.25) is 4.79 Å². The van der Waals surface area contributed by atoms with Crippen LogP contribution in [0.25, 0.3) is 11.4 Å². The van der Waals surface area contributed by atoms with Crippen LogP contribution in [0, 0.1) is 0 Å². The van der Waals surface area contributed by atoms with Crippen molar-refractivity contribution in [2.24, 2.45) is 0 Å². The average Bonchev–Trinajstić information content (AvgIpc) is 3.07. The molecule has 0 radical (unpaired) electrons. The van der Waals surface area contributed by atoms with Gasteiger partial charge in [-0.05, 0) is 68.6 Å². The van der Waals surface area contributed by atoms with Crippen molar-refractivity contribution in [2.75, 3.05) is 78.7 Å². The Morgan fingerprint density at radius 3 is 2.07 bits per heavy atom. The van der Waals surface area contributed by atoms with Gasteiger partial charge in [0.05, 0.1) is 31.3 Å². The number of urea groups is 1. The van der Waals surface area contributed by atoms with Crippen molar-refractivity contribution in [3.63, 3.8) is 0 Å². The molecule has 2 aromatic carbocycles. The van der Waals surface area contributed by atoms with Gasteiger partial charge in [0, 0.05) is 61.3 Å². The molecule has 0 saturated carbocycles. The largest absolute Gasteiger partial charge is 0.378 e. The van der Waals surface area contributed by atoms with Crippen LogP contribution in [0.15, 0.2) is 67.0 Å². The highest BCUT2D eigenvalue weighted by Crippen LogP contribution is 2.25. The number of morpholine rings is 1. The van der Waals surface area contributed by atoms with E-state index in [0.29, 0.717) is 59.6 Å². The molecule has 1 unspecified atom stereocenters. The molecule has 3 amide bonds. The second kappa shape index (κ2) is 13.6. The van der Waals surface area contributed by atoms with Gasteiger partial charge in [0.2, 0.25) is 11.9 Å². The standard InChI is InChI=1S/C31H35N11O3/c1-21-20-42(14-13-40(21)2)30-38-27(37-29(39-30)41-15-17-45-18-16-41)22-3-7-24(8-4-22)35-31(44)36-25-9-5-23(6-10-25)28(43)34-26-11-12-32-33-19-26/h3-12,19,21H,13-18,20H2,1-2H3,(H,32,34,43)(H2,35,36,44). The first-order chi connectivity index (χ1) is 21.9. The van der Waals surface area contributed by atoms with E-state index in [2.05, 4.69) is 54.8 Å². The van der Waals surface area contributed by atoms with E-state index in [9.17, 15) is 9.59 Å². The van der Waals surface area contributed by atoms with E-state index in [1.807, 2.05) is 24.3 Å². The lowest BCUT2D eigenvalue weighted by Gasteiger charge is -2.38. The summed E-state index contributed by atoms with van der Waals surface area (Å²) in [7, 11) is 2.14. The highest BCUT2D eigenvalue weighted by molar-refractivity contribution is 6.05. The van der Waals surface area contributed by atoms with Crippen molar-refractivity contribution >= 4 is 40.9 Å². The fraction of sp³-hybridized carbons (Fsp3) is 0.323. The van der Waals surface area contributed by atoms with Gasteiger partial charge >= 0.3 is 6.03 Å². The Hall–Kier alpha value is -5.21. The van der Waals surface area contributed by atoms with Gasteiger partial charge in [-0.1, -0.05) is 0 Å². The predicted octanol–water partition coefficient (Wildman–Crippen LogP) is 3.20. The minimum absolute atomic E-state index is 0.292. The van der Waals surface area contributed by atoms with Gasteiger partial charge < -0.3 is 35.4 Å². The van der Waals surface area contributed by atoms with Gasteiger partial charge in [-0.25, -0.2) is 4.79 Å². The topological polar surface area (TPSA) is 154 Å². The Morgan fingerprint density at radius 2 is 1.42 bits per heavy atom. The number of amides is 3. The summed E-state index contributed by atoms with van der Waals surface area (Å²) in [6.45, 7) is 7.52. The van der Waals surface area contributed by atoms with Crippen LogP contribution < -0.4 is 25.8 Å². The van der Waals surface area contributed by atoms with Gasteiger partial charge in [0.1, 0.15) is 0 Å². The van der Waals surface area contributed by atoms with Gasteiger partial charge in [-0.15, -0.1) is 0 Å². The summed E-state index contributed by atoms with van der Waals surface area (Å²) < 4.78 is 5.54. The third kappa shape index (κ3) is 7.48. The molecule has 14 nitrogen and oxygen atoms in total. The van der Waals surface area contributed by atoms with Crippen molar-refractivity contribution in [3.8, 4) is 11.4 Å². The molecule has 0 aliphatic carbocycles. The van der Waals surface area contributed by atoms with Crippen LogP contribution in [0.1, 0.15) is 17.3 Å². The number of nitrogens with zero attached hydrogens (tertiary/aromatic N) is 8. The molecule has 2 aromatic heterocycles. The molecule has 2 aliphatic heterocycles. The fourth-order valence-corrected chi connectivity index (χ4v) is 5.03. The maximum Gasteiger partial charge on any atom is 0.323 e. The Kier molecular flexibility index (Phi) is 9.03. The monoisotopic (exact) mass is 609 g/mol. The number of piperazine rings is 1. The molecule has 0 spiro atoms. The summed E-state index contributed by atoms with van der Waals surface area (Å²) in [5, 5.41) is 15.8. The van der Waals surface area contributed by atoms with Crippen molar-refractivity contribution in [1.29, 1.82) is 0 Å². The normalized spacial score (nSPS) is 17.1. The minimum atomic E-state index is -0.413. The summed E-state index contributed by atoms with van der Waals surface area (Å²) in [5.41, 5.74) is 2.94. The molecule has 2 fully saturated rings. The van der Waals surface area contributed by atoms with E-state index in [0.717, 1.165) is 38.3 Å². The lowest BCUT2D eigenvalue weighted by Crippen LogP contribution is -2.50. The summed E-state index contributed by atoms with van der Waals surface area (Å²) in [6, 6.07) is 15.6. The number of hydrogen-bond acceptors (Lipinski definition) is 11. The summed E-state index contributed by atoms with van der Waals surface area (Å²) in [5.74, 6) is 1.60. The molecule has 45 heavy (non-hydrogen) atoms. The van der Waals surface area contributed by atoms with Gasteiger partial charge in [0.25, 0.3) is 5.91 Å². The van der Waals surface area contributed by atoms with Crippen LogP contribution >= 0.6 is 0 Å². The van der Waals surface area contributed by atoms with E-state index < -0.39 is 6.03 Å². The minimum Gasteiger partial charge on any atom is -0.378 e. The number of carbonyl (C=O) groups is 2. The lowest BCUT2D eigenvalue weighted by atomic mass is 10.2. The number of hydrogen-bond donors (Lipinski definition) is 3. The van der Waals surface area contributed by atoms with Crippen molar-refractivity contribution in [2.45, 2.75) is 13.0 Å². The quantitative estimate of drug-likeness (QED) is 0.283. The molecular formula is C31H35N11O3. The highest BCUT2D eigenvalue weighted by atomic mass is 16.5. The number of aromatic nitrogens is 5. The van der Waals surface area contributed by atoms with Gasteiger partial charge in [-0.2, -0.15) is 25.1 Å². The zero-order chi connectivity index (χ0) is 31.2. The first-order valence-electron chi connectivity index (χ1n) is 14.8. The van der Waals surface area contributed by atoms with Crippen LogP contribution in [-0.2, 0) is 4.74 Å². The van der Waals surface area contributed by atoms with Crippen LogP contribution in [0.3, 0.4) is 0 Å². The zero-order valence-corrected chi connectivity index (χ0v) is 25.2. The first-order valence-corrected chi connectivity index (χ1v) is 14.8. The van der Waals surface area contributed by atoms with Crippen LogP contribution in [0.5, 0.6) is 0 Å². The Labute approximate surface area is 260 Å². The molecule has 6 rings (SSSR count). The third-order valence-corrected chi connectivity index (χ3v) is 7.80. The highest BCUT2D eigenvalue weighted by Gasteiger charge is 2.25. The Bertz CT molecular complexity index is 1610. The van der Waals surface area contributed by atoms with E-state index in [1.165, 1.54) is 12.4 Å². The smallest absolute Gasteiger partial charge is 0.323 e. The van der Waals surface area contributed by atoms with Crippen LogP contribution in [0.2, 0.25) is 0 Å². The summed E-state index contributed by atoms with van der Waals surface area (Å²) in [6.07, 6.45) is 2.96.